The Morgan fingerprint density at radius 2 is 1.84 bits per heavy atom. The quantitative estimate of drug-likeness (QED) is 0.836. The molecule has 0 aromatic heterocycles. The topological polar surface area (TPSA) is 55.6 Å². The second-order valence-corrected chi connectivity index (χ2v) is 4.44. The number of benzene rings is 2. The number of para-hydroxylation sites is 3. The molecule has 4 nitrogen and oxygen atoms in total. The fourth-order valence-electron chi connectivity index (χ4n) is 2.18. The van der Waals surface area contributed by atoms with Gasteiger partial charge in [0.25, 0.3) is 5.91 Å². The average molecular weight is 254 g/mol. The van der Waals surface area contributed by atoms with E-state index in [0.29, 0.717) is 12.2 Å². The molecule has 1 aliphatic heterocycles. The molecule has 0 radical (unpaired) electrons. The summed E-state index contributed by atoms with van der Waals surface area (Å²) in [4.78, 5) is 13.7. The van der Waals surface area contributed by atoms with E-state index in [9.17, 15) is 4.79 Å². The number of fused-ring (bicyclic) bond motifs is 1. The Morgan fingerprint density at radius 3 is 2.68 bits per heavy atom. The average Bonchev–Trinajstić information content (AvgIpc) is 2.44. The zero-order chi connectivity index (χ0) is 13.2. The van der Waals surface area contributed by atoms with Crippen molar-refractivity contribution >= 4 is 17.3 Å². The molecule has 96 valence electrons. The summed E-state index contributed by atoms with van der Waals surface area (Å²) in [6.07, 6.45) is 0. The first-order valence-electron chi connectivity index (χ1n) is 6.11. The molecule has 19 heavy (non-hydrogen) atoms. The van der Waals surface area contributed by atoms with Crippen molar-refractivity contribution in [3.63, 3.8) is 0 Å². The molecular formula is C15H14N2O2. The van der Waals surface area contributed by atoms with Crippen molar-refractivity contribution in [3.05, 3.63) is 54.1 Å². The van der Waals surface area contributed by atoms with Crippen LogP contribution in [0.15, 0.2) is 48.5 Å². The smallest absolute Gasteiger partial charge is 0.265 e. The fourth-order valence-corrected chi connectivity index (χ4v) is 2.18. The van der Waals surface area contributed by atoms with Crippen LogP contribution in [-0.4, -0.2) is 12.5 Å². The van der Waals surface area contributed by atoms with E-state index in [0.717, 1.165) is 17.0 Å². The number of amides is 1. The van der Waals surface area contributed by atoms with E-state index in [-0.39, 0.29) is 12.5 Å². The Bertz CT molecular complexity index is 625. The number of nitrogens with zero attached hydrogens (tertiary/aromatic N) is 1. The predicted octanol–water partition coefficient (Wildman–Crippen LogP) is 2.19. The highest BCUT2D eigenvalue weighted by atomic mass is 16.5. The molecular weight excluding hydrogens is 240 g/mol. The van der Waals surface area contributed by atoms with Crippen LogP contribution < -0.4 is 15.4 Å². The van der Waals surface area contributed by atoms with Gasteiger partial charge in [0.15, 0.2) is 6.61 Å². The Labute approximate surface area is 111 Å². The van der Waals surface area contributed by atoms with E-state index in [2.05, 4.69) is 0 Å². The van der Waals surface area contributed by atoms with Crippen molar-refractivity contribution in [2.75, 3.05) is 17.2 Å². The minimum Gasteiger partial charge on any atom is -0.482 e. The van der Waals surface area contributed by atoms with Crippen LogP contribution in [0.3, 0.4) is 0 Å². The van der Waals surface area contributed by atoms with Gasteiger partial charge in [-0.1, -0.05) is 30.3 Å². The van der Waals surface area contributed by atoms with Gasteiger partial charge in [0.2, 0.25) is 0 Å². The lowest BCUT2D eigenvalue weighted by atomic mass is 10.1. The minimum atomic E-state index is -0.0537. The summed E-state index contributed by atoms with van der Waals surface area (Å²) in [6, 6.07) is 15.1. The summed E-state index contributed by atoms with van der Waals surface area (Å²) in [7, 11) is 0. The Hall–Kier alpha value is -2.49. The minimum absolute atomic E-state index is 0.0537. The molecule has 0 saturated carbocycles. The molecule has 0 spiro atoms. The number of hydrogen-bond donors (Lipinski definition) is 1. The van der Waals surface area contributed by atoms with Gasteiger partial charge >= 0.3 is 0 Å². The highest BCUT2D eigenvalue weighted by molar-refractivity contribution is 5.97. The molecule has 2 aromatic rings. The third-order valence-electron chi connectivity index (χ3n) is 3.19. The fraction of sp³-hybridized carbons (Fsp3) is 0.133. The highest BCUT2D eigenvalue weighted by Crippen LogP contribution is 2.33. The van der Waals surface area contributed by atoms with Gasteiger partial charge < -0.3 is 15.4 Å². The van der Waals surface area contributed by atoms with E-state index in [1.165, 1.54) is 0 Å². The van der Waals surface area contributed by atoms with Crippen LogP contribution in [0, 0.1) is 0 Å². The molecule has 2 aromatic carbocycles. The van der Waals surface area contributed by atoms with E-state index < -0.39 is 0 Å². The number of carbonyl (C=O) groups is 1. The largest absolute Gasteiger partial charge is 0.482 e. The molecule has 1 heterocycles. The number of carbonyl (C=O) groups excluding carboxylic acids is 1. The Kier molecular flexibility index (Phi) is 2.83. The molecule has 1 aliphatic rings. The monoisotopic (exact) mass is 254 g/mol. The molecule has 0 fully saturated rings. The van der Waals surface area contributed by atoms with Gasteiger partial charge in [-0.05, 0) is 23.8 Å². The zero-order valence-electron chi connectivity index (χ0n) is 10.4. The van der Waals surface area contributed by atoms with Crippen LogP contribution in [0.1, 0.15) is 5.56 Å². The normalized spacial score (nSPS) is 13.9. The van der Waals surface area contributed by atoms with Gasteiger partial charge in [-0.25, -0.2) is 0 Å². The molecule has 0 saturated heterocycles. The number of rotatable bonds is 2. The van der Waals surface area contributed by atoms with Crippen LogP contribution in [0.4, 0.5) is 11.4 Å². The summed E-state index contributed by atoms with van der Waals surface area (Å²) in [5.74, 6) is 0.679. The summed E-state index contributed by atoms with van der Waals surface area (Å²) in [5, 5.41) is 0. The van der Waals surface area contributed by atoms with Gasteiger partial charge in [-0.2, -0.15) is 0 Å². The highest BCUT2D eigenvalue weighted by Gasteiger charge is 2.25. The zero-order valence-corrected chi connectivity index (χ0v) is 10.4. The first kappa shape index (κ1) is 11.6. The van der Waals surface area contributed by atoms with Crippen molar-refractivity contribution < 1.29 is 9.53 Å². The molecule has 0 atom stereocenters. The second kappa shape index (κ2) is 4.65. The van der Waals surface area contributed by atoms with Crippen molar-refractivity contribution in [1.29, 1.82) is 0 Å². The number of nitrogens with two attached hydrogens (primary N) is 1. The molecule has 0 unspecified atom stereocenters. The van der Waals surface area contributed by atoms with Gasteiger partial charge in [0.05, 0.1) is 12.2 Å². The third kappa shape index (κ3) is 2.12. The lowest BCUT2D eigenvalue weighted by Gasteiger charge is -2.29. The Balaban J connectivity index is 1.96. The molecule has 1 amide bonds. The maximum atomic E-state index is 12.0. The molecule has 4 heteroatoms. The van der Waals surface area contributed by atoms with Crippen molar-refractivity contribution in [2.45, 2.75) is 6.54 Å². The van der Waals surface area contributed by atoms with Gasteiger partial charge in [0, 0.05) is 5.69 Å². The summed E-state index contributed by atoms with van der Waals surface area (Å²) >= 11 is 0. The van der Waals surface area contributed by atoms with E-state index >= 15 is 0 Å². The molecule has 0 aliphatic carbocycles. The maximum absolute atomic E-state index is 12.0. The number of nitrogen functional groups attached to an aromatic ring is 1. The summed E-state index contributed by atoms with van der Waals surface area (Å²) in [5.41, 5.74) is 8.36. The van der Waals surface area contributed by atoms with Gasteiger partial charge in [-0.3, -0.25) is 4.79 Å². The van der Waals surface area contributed by atoms with Crippen LogP contribution in [0.5, 0.6) is 5.75 Å². The second-order valence-electron chi connectivity index (χ2n) is 4.44. The van der Waals surface area contributed by atoms with Crippen LogP contribution in [-0.2, 0) is 11.3 Å². The van der Waals surface area contributed by atoms with Gasteiger partial charge in [0.1, 0.15) is 5.75 Å². The number of hydrogen-bond acceptors (Lipinski definition) is 3. The lowest BCUT2D eigenvalue weighted by Crippen LogP contribution is -2.38. The number of anilines is 2. The predicted molar refractivity (Wildman–Crippen MR) is 74.0 cm³/mol. The van der Waals surface area contributed by atoms with Crippen LogP contribution in [0.2, 0.25) is 0 Å². The van der Waals surface area contributed by atoms with E-state index in [1.54, 1.807) is 4.90 Å². The maximum Gasteiger partial charge on any atom is 0.265 e. The standard InChI is InChI=1S/C15H14N2O2/c16-12-6-2-1-5-11(12)9-17-13-7-3-4-8-14(13)19-10-15(17)18/h1-8H,9-10,16H2. The van der Waals surface area contributed by atoms with Gasteiger partial charge in [-0.15, -0.1) is 0 Å². The number of ether oxygens (including phenoxy) is 1. The lowest BCUT2D eigenvalue weighted by molar-refractivity contribution is -0.121. The van der Waals surface area contributed by atoms with E-state index in [1.807, 2.05) is 48.5 Å². The van der Waals surface area contributed by atoms with E-state index in [4.69, 9.17) is 10.5 Å². The summed E-state index contributed by atoms with van der Waals surface area (Å²) < 4.78 is 5.41. The van der Waals surface area contributed by atoms with Crippen LogP contribution in [0.25, 0.3) is 0 Å². The Morgan fingerprint density at radius 1 is 1.11 bits per heavy atom. The van der Waals surface area contributed by atoms with Crippen molar-refractivity contribution in [2.24, 2.45) is 0 Å². The SMILES string of the molecule is Nc1ccccc1CN1C(=O)COc2ccccc21. The van der Waals surface area contributed by atoms with Crippen LogP contribution >= 0.6 is 0 Å². The molecule has 2 N–H and O–H groups in total. The first-order chi connectivity index (χ1) is 9.25. The third-order valence-corrected chi connectivity index (χ3v) is 3.19. The van der Waals surface area contributed by atoms with Crippen molar-refractivity contribution in [3.8, 4) is 5.75 Å². The molecule has 0 bridgehead atoms. The van der Waals surface area contributed by atoms with Crippen molar-refractivity contribution in [1.82, 2.24) is 0 Å². The molecule has 3 rings (SSSR count). The first-order valence-corrected chi connectivity index (χ1v) is 6.11. The summed E-state index contributed by atoms with van der Waals surface area (Å²) in [6.45, 7) is 0.537.